The Bertz CT molecular complexity index is 936. The Hall–Kier alpha value is -2.12. The van der Waals surface area contributed by atoms with Gasteiger partial charge in [0.25, 0.3) is 5.91 Å². The Balaban J connectivity index is 1.50. The maximum atomic E-state index is 12.5. The standard InChI is InChI=1S/C22H30N2O4S/c1-17-6-5-8-19(14-17)15-29(26,27)16-20-9-10-21(28-20)22(25)23-11-13-24-12-4-3-7-18(24)2/h5-6,8-10,14,18H,3-4,7,11-13,15-16H2,1-2H3,(H,23,25)/t18-/m0/s1. The number of hydrogen-bond donors (Lipinski definition) is 1. The lowest BCUT2D eigenvalue weighted by Gasteiger charge is -2.33. The van der Waals surface area contributed by atoms with Crippen LogP contribution >= 0.6 is 0 Å². The van der Waals surface area contributed by atoms with Gasteiger partial charge in [0.05, 0.1) is 5.75 Å². The predicted octanol–water partition coefficient (Wildman–Crippen LogP) is 3.31. The summed E-state index contributed by atoms with van der Waals surface area (Å²) in [6.07, 6.45) is 3.68. The first-order chi connectivity index (χ1) is 13.8. The number of furan rings is 1. The molecule has 158 valence electrons. The zero-order valence-corrected chi connectivity index (χ0v) is 18.0. The second kappa shape index (κ2) is 9.59. The van der Waals surface area contributed by atoms with Crippen molar-refractivity contribution in [3.05, 3.63) is 59.0 Å². The number of nitrogens with zero attached hydrogens (tertiary/aromatic N) is 1. The molecule has 2 aromatic rings. The van der Waals surface area contributed by atoms with Crippen molar-refractivity contribution in [3.8, 4) is 0 Å². The van der Waals surface area contributed by atoms with E-state index >= 15 is 0 Å². The monoisotopic (exact) mass is 418 g/mol. The van der Waals surface area contributed by atoms with E-state index in [4.69, 9.17) is 4.42 Å². The Morgan fingerprint density at radius 2 is 2.03 bits per heavy atom. The third-order valence-electron chi connectivity index (χ3n) is 5.34. The van der Waals surface area contributed by atoms with Gasteiger partial charge < -0.3 is 9.73 Å². The summed E-state index contributed by atoms with van der Waals surface area (Å²) in [6, 6.07) is 11.1. The zero-order chi connectivity index (χ0) is 20.9. The highest BCUT2D eigenvalue weighted by molar-refractivity contribution is 7.89. The van der Waals surface area contributed by atoms with Crippen LogP contribution in [0.5, 0.6) is 0 Å². The van der Waals surface area contributed by atoms with Crippen molar-refractivity contribution in [2.75, 3.05) is 19.6 Å². The maximum Gasteiger partial charge on any atom is 0.287 e. The van der Waals surface area contributed by atoms with Gasteiger partial charge in [-0.1, -0.05) is 36.2 Å². The second-order valence-electron chi connectivity index (χ2n) is 7.92. The SMILES string of the molecule is Cc1cccc(CS(=O)(=O)Cc2ccc(C(=O)NCCN3CCCC[C@@H]3C)o2)c1. The van der Waals surface area contributed by atoms with Crippen LogP contribution in [0.15, 0.2) is 40.8 Å². The largest absolute Gasteiger partial charge is 0.455 e. The number of likely N-dealkylation sites (tertiary alicyclic amines) is 1. The minimum absolute atomic E-state index is 0.0507. The molecule has 0 radical (unpaired) electrons. The summed E-state index contributed by atoms with van der Waals surface area (Å²) >= 11 is 0. The molecular formula is C22H30N2O4S. The summed E-state index contributed by atoms with van der Waals surface area (Å²) in [5.41, 5.74) is 1.77. The minimum Gasteiger partial charge on any atom is -0.455 e. The molecule has 0 unspecified atom stereocenters. The molecule has 1 atom stereocenters. The molecule has 0 saturated carbocycles. The number of nitrogens with one attached hydrogen (secondary N) is 1. The van der Waals surface area contributed by atoms with Gasteiger partial charge in [-0.3, -0.25) is 9.69 Å². The molecule has 1 saturated heterocycles. The molecule has 7 heteroatoms. The summed E-state index contributed by atoms with van der Waals surface area (Å²) in [6.45, 7) is 6.58. The lowest BCUT2D eigenvalue weighted by Crippen LogP contribution is -2.42. The maximum absolute atomic E-state index is 12.5. The third-order valence-corrected chi connectivity index (χ3v) is 6.84. The quantitative estimate of drug-likeness (QED) is 0.711. The number of benzene rings is 1. The Morgan fingerprint density at radius 1 is 1.21 bits per heavy atom. The van der Waals surface area contributed by atoms with E-state index in [-0.39, 0.29) is 28.9 Å². The van der Waals surface area contributed by atoms with E-state index in [0.29, 0.717) is 12.6 Å². The fraction of sp³-hybridized carbons (Fsp3) is 0.500. The number of carbonyl (C=O) groups excluding carboxylic acids is 1. The van der Waals surface area contributed by atoms with Crippen LogP contribution < -0.4 is 5.32 Å². The molecule has 0 bridgehead atoms. The number of carbonyl (C=O) groups is 1. The third kappa shape index (κ3) is 6.44. The van der Waals surface area contributed by atoms with Crippen molar-refractivity contribution >= 4 is 15.7 Å². The highest BCUT2D eigenvalue weighted by Crippen LogP contribution is 2.17. The average Bonchev–Trinajstić information content (AvgIpc) is 3.10. The Kier molecular flexibility index (Phi) is 7.14. The van der Waals surface area contributed by atoms with Crippen molar-refractivity contribution in [3.63, 3.8) is 0 Å². The lowest BCUT2D eigenvalue weighted by molar-refractivity contribution is 0.0909. The number of rotatable bonds is 8. The first-order valence-electron chi connectivity index (χ1n) is 10.2. The molecule has 2 heterocycles. The normalized spacial score (nSPS) is 17.9. The van der Waals surface area contributed by atoms with Gasteiger partial charge in [-0.05, 0) is 50.9 Å². The average molecular weight is 419 g/mol. The van der Waals surface area contributed by atoms with Crippen molar-refractivity contribution < 1.29 is 17.6 Å². The van der Waals surface area contributed by atoms with Crippen LogP contribution in [-0.4, -0.2) is 44.9 Å². The first kappa shape index (κ1) is 21.6. The second-order valence-corrected chi connectivity index (χ2v) is 9.99. The van der Waals surface area contributed by atoms with Gasteiger partial charge in [-0.15, -0.1) is 0 Å². The molecule has 3 rings (SSSR count). The van der Waals surface area contributed by atoms with Gasteiger partial charge in [0.2, 0.25) is 0 Å². The molecular weight excluding hydrogens is 388 g/mol. The van der Waals surface area contributed by atoms with Crippen molar-refractivity contribution in [2.24, 2.45) is 0 Å². The summed E-state index contributed by atoms with van der Waals surface area (Å²) in [5.74, 6) is -0.147. The van der Waals surface area contributed by atoms with Gasteiger partial charge in [-0.2, -0.15) is 0 Å². The number of piperidine rings is 1. The summed E-state index contributed by atoms with van der Waals surface area (Å²) < 4.78 is 30.4. The van der Waals surface area contributed by atoms with E-state index in [9.17, 15) is 13.2 Å². The van der Waals surface area contributed by atoms with E-state index in [1.165, 1.54) is 25.3 Å². The fourth-order valence-electron chi connectivity index (χ4n) is 3.79. The Labute approximate surface area is 173 Å². The van der Waals surface area contributed by atoms with Crippen molar-refractivity contribution in [1.82, 2.24) is 10.2 Å². The van der Waals surface area contributed by atoms with Gasteiger partial charge in [-0.25, -0.2) is 8.42 Å². The Morgan fingerprint density at radius 3 is 2.79 bits per heavy atom. The highest BCUT2D eigenvalue weighted by atomic mass is 32.2. The topological polar surface area (TPSA) is 79.6 Å². The van der Waals surface area contributed by atoms with Crippen LogP contribution in [0.4, 0.5) is 0 Å². The molecule has 6 nitrogen and oxygen atoms in total. The number of sulfone groups is 1. The van der Waals surface area contributed by atoms with Gasteiger partial charge in [0.15, 0.2) is 15.6 Å². The van der Waals surface area contributed by atoms with Crippen LogP contribution in [-0.2, 0) is 21.3 Å². The molecule has 29 heavy (non-hydrogen) atoms. The highest BCUT2D eigenvalue weighted by Gasteiger charge is 2.20. The van der Waals surface area contributed by atoms with Crippen molar-refractivity contribution in [1.29, 1.82) is 0 Å². The van der Waals surface area contributed by atoms with Crippen LogP contribution in [0, 0.1) is 6.92 Å². The van der Waals surface area contributed by atoms with Crippen LogP contribution in [0.2, 0.25) is 0 Å². The number of hydrogen-bond acceptors (Lipinski definition) is 5. The van der Waals surface area contributed by atoms with Gasteiger partial charge >= 0.3 is 0 Å². The van der Waals surface area contributed by atoms with E-state index in [1.54, 1.807) is 12.1 Å². The van der Waals surface area contributed by atoms with E-state index in [2.05, 4.69) is 17.1 Å². The van der Waals surface area contributed by atoms with E-state index in [1.807, 2.05) is 25.1 Å². The fourth-order valence-corrected chi connectivity index (χ4v) is 5.17. The molecule has 0 spiro atoms. The van der Waals surface area contributed by atoms with Crippen molar-refractivity contribution in [2.45, 2.75) is 50.7 Å². The molecule has 0 aliphatic carbocycles. The first-order valence-corrected chi connectivity index (χ1v) is 12.0. The van der Waals surface area contributed by atoms with Gasteiger partial charge in [0.1, 0.15) is 11.5 Å². The van der Waals surface area contributed by atoms with Crippen LogP contribution in [0.25, 0.3) is 0 Å². The molecule has 1 amide bonds. The molecule has 1 aromatic carbocycles. The number of aryl methyl sites for hydroxylation is 1. The predicted molar refractivity (Wildman–Crippen MR) is 113 cm³/mol. The minimum atomic E-state index is -3.39. The summed E-state index contributed by atoms with van der Waals surface area (Å²) in [4.78, 5) is 14.7. The molecule has 1 aliphatic rings. The summed E-state index contributed by atoms with van der Waals surface area (Å²) in [7, 11) is -3.39. The van der Waals surface area contributed by atoms with E-state index in [0.717, 1.165) is 24.2 Å². The molecule has 1 aliphatic heterocycles. The van der Waals surface area contributed by atoms with E-state index < -0.39 is 9.84 Å². The van der Waals surface area contributed by atoms with Crippen LogP contribution in [0.3, 0.4) is 0 Å². The number of amides is 1. The zero-order valence-electron chi connectivity index (χ0n) is 17.2. The smallest absolute Gasteiger partial charge is 0.287 e. The van der Waals surface area contributed by atoms with Crippen LogP contribution in [0.1, 0.15) is 53.6 Å². The molecule has 1 aromatic heterocycles. The summed E-state index contributed by atoms with van der Waals surface area (Å²) in [5, 5.41) is 2.87. The van der Waals surface area contributed by atoms with Gasteiger partial charge in [0, 0.05) is 19.1 Å². The molecule has 1 fully saturated rings. The molecule has 1 N–H and O–H groups in total. The lowest BCUT2D eigenvalue weighted by atomic mass is 10.0.